The van der Waals surface area contributed by atoms with E-state index in [1.807, 2.05) is 24.4 Å². The van der Waals surface area contributed by atoms with Crippen LogP contribution in [0.5, 0.6) is 11.6 Å². The fraction of sp³-hybridized carbons (Fsp3) is 0.500. The molecule has 0 fully saturated rings. The van der Waals surface area contributed by atoms with Crippen molar-refractivity contribution in [2.24, 2.45) is 0 Å². The van der Waals surface area contributed by atoms with E-state index in [0.29, 0.717) is 12.5 Å². The Morgan fingerprint density at radius 3 is 2.33 bits per heavy atom. The van der Waals surface area contributed by atoms with E-state index in [9.17, 15) is 0 Å². The first-order valence-electron chi connectivity index (χ1n) is 8.33. The van der Waals surface area contributed by atoms with Crippen molar-refractivity contribution in [2.75, 3.05) is 13.7 Å². The molecule has 0 aliphatic carbocycles. The van der Waals surface area contributed by atoms with E-state index in [1.54, 1.807) is 13.3 Å². The fourth-order valence-corrected chi connectivity index (χ4v) is 2.50. The van der Waals surface area contributed by atoms with Gasteiger partial charge in [0.05, 0.1) is 19.4 Å². The summed E-state index contributed by atoms with van der Waals surface area (Å²) in [6, 6.07) is 7.84. The van der Waals surface area contributed by atoms with Crippen LogP contribution in [0.15, 0.2) is 36.7 Å². The van der Waals surface area contributed by atoms with Crippen molar-refractivity contribution in [1.82, 2.24) is 9.97 Å². The lowest BCUT2D eigenvalue weighted by Gasteiger charge is -2.25. The second-order valence-electron chi connectivity index (χ2n) is 7.67. The Labute approximate surface area is 145 Å². The molecule has 0 amide bonds. The van der Waals surface area contributed by atoms with Gasteiger partial charge in [-0.2, -0.15) is 0 Å². The molecule has 0 atom stereocenters. The van der Waals surface area contributed by atoms with Gasteiger partial charge >= 0.3 is 0 Å². The molecular weight excluding hydrogens is 300 g/mol. The number of hydrogen-bond acceptors (Lipinski definition) is 4. The molecule has 0 saturated heterocycles. The average molecular weight is 328 g/mol. The van der Waals surface area contributed by atoms with Crippen molar-refractivity contribution in [3.05, 3.63) is 47.9 Å². The zero-order valence-electron chi connectivity index (χ0n) is 15.6. The number of nitrogens with zero attached hydrogens (tertiary/aromatic N) is 2. The lowest BCUT2D eigenvalue weighted by atomic mass is 9.85. The highest BCUT2D eigenvalue weighted by Gasteiger charge is 2.26. The Morgan fingerprint density at radius 1 is 1.00 bits per heavy atom. The molecule has 4 heteroatoms. The zero-order chi connectivity index (χ0) is 17.8. The molecule has 4 nitrogen and oxygen atoms in total. The summed E-state index contributed by atoms with van der Waals surface area (Å²) in [5.41, 5.74) is 2.11. The van der Waals surface area contributed by atoms with Gasteiger partial charge in [-0.1, -0.05) is 40.7 Å². The van der Waals surface area contributed by atoms with Gasteiger partial charge in [0.25, 0.3) is 0 Å². The van der Waals surface area contributed by atoms with Crippen LogP contribution in [0.4, 0.5) is 0 Å². The molecule has 0 aliphatic heterocycles. The molecular formula is C20H28N2O2. The van der Waals surface area contributed by atoms with E-state index in [-0.39, 0.29) is 10.8 Å². The van der Waals surface area contributed by atoms with Crippen LogP contribution in [-0.4, -0.2) is 23.7 Å². The number of methoxy groups -OCH3 is 1. The number of ether oxygens (including phenoxy) is 2. The number of rotatable bonds is 6. The van der Waals surface area contributed by atoms with Crippen LogP contribution in [-0.2, 0) is 10.8 Å². The van der Waals surface area contributed by atoms with Crippen molar-refractivity contribution in [3.8, 4) is 11.6 Å². The monoisotopic (exact) mass is 328 g/mol. The summed E-state index contributed by atoms with van der Waals surface area (Å²) in [6.45, 7) is 11.4. The van der Waals surface area contributed by atoms with Gasteiger partial charge in [0.2, 0.25) is 5.88 Å². The molecule has 0 radical (unpaired) electrons. The van der Waals surface area contributed by atoms with Gasteiger partial charge in [-0.05, 0) is 29.5 Å². The molecule has 130 valence electrons. The number of hydrogen-bond donors (Lipinski definition) is 0. The van der Waals surface area contributed by atoms with Gasteiger partial charge in [-0.15, -0.1) is 0 Å². The van der Waals surface area contributed by atoms with Crippen LogP contribution < -0.4 is 9.47 Å². The van der Waals surface area contributed by atoms with Gasteiger partial charge in [0, 0.05) is 23.9 Å². The summed E-state index contributed by atoms with van der Waals surface area (Å²) in [4.78, 5) is 8.90. The molecule has 0 spiro atoms. The van der Waals surface area contributed by atoms with Gasteiger partial charge in [-0.3, -0.25) is 4.98 Å². The second-order valence-corrected chi connectivity index (χ2v) is 7.67. The highest BCUT2D eigenvalue weighted by molar-refractivity contribution is 5.32. The van der Waals surface area contributed by atoms with E-state index in [0.717, 1.165) is 17.9 Å². The molecule has 2 rings (SSSR count). The van der Waals surface area contributed by atoms with Crippen LogP contribution in [0.2, 0.25) is 0 Å². The Bertz CT molecular complexity index is 658. The third-order valence-electron chi connectivity index (χ3n) is 4.21. The molecule has 2 heterocycles. The van der Waals surface area contributed by atoms with E-state index in [4.69, 9.17) is 9.47 Å². The second kappa shape index (κ2) is 7.20. The van der Waals surface area contributed by atoms with Crippen molar-refractivity contribution in [1.29, 1.82) is 0 Å². The molecule has 0 aromatic carbocycles. The summed E-state index contributed by atoms with van der Waals surface area (Å²) in [5.74, 6) is 1.47. The van der Waals surface area contributed by atoms with E-state index >= 15 is 0 Å². The standard InChI is InChI=1S/C20H28N2O2/c1-19(2,3)15-9-10-17(22-14-15)24-13-11-20(4,5)18-16(23-6)8-7-12-21-18/h7-10,12,14H,11,13H2,1-6H3. The van der Waals surface area contributed by atoms with Crippen molar-refractivity contribution < 1.29 is 9.47 Å². The highest BCUT2D eigenvalue weighted by atomic mass is 16.5. The normalized spacial score (nSPS) is 12.1. The average Bonchev–Trinajstić information content (AvgIpc) is 2.54. The summed E-state index contributed by atoms with van der Waals surface area (Å²) in [5, 5.41) is 0. The SMILES string of the molecule is COc1cccnc1C(C)(C)CCOc1ccc(C(C)(C)C)cn1. The Balaban J connectivity index is 1.98. The Kier molecular flexibility index (Phi) is 5.47. The summed E-state index contributed by atoms with van der Waals surface area (Å²) < 4.78 is 11.3. The van der Waals surface area contributed by atoms with Gasteiger partial charge in [-0.25, -0.2) is 4.98 Å². The topological polar surface area (TPSA) is 44.2 Å². The number of pyridine rings is 2. The van der Waals surface area contributed by atoms with Gasteiger partial charge < -0.3 is 9.47 Å². The minimum Gasteiger partial charge on any atom is -0.495 e. The predicted octanol–water partition coefficient (Wildman–Crippen LogP) is 4.53. The largest absolute Gasteiger partial charge is 0.495 e. The lowest BCUT2D eigenvalue weighted by Crippen LogP contribution is -2.23. The summed E-state index contributed by atoms with van der Waals surface area (Å²) >= 11 is 0. The maximum atomic E-state index is 5.82. The maximum absolute atomic E-state index is 5.82. The van der Waals surface area contributed by atoms with Crippen LogP contribution >= 0.6 is 0 Å². The predicted molar refractivity (Wildman–Crippen MR) is 96.9 cm³/mol. The van der Waals surface area contributed by atoms with Crippen LogP contribution in [0.1, 0.15) is 52.3 Å². The number of aromatic nitrogens is 2. The molecule has 0 saturated carbocycles. The van der Waals surface area contributed by atoms with Gasteiger partial charge in [0.1, 0.15) is 5.75 Å². The molecule has 0 bridgehead atoms. The van der Waals surface area contributed by atoms with Crippen LogP contribution in [0, 0.1) is 0 Å². The minimum atomic E-state index is -0.141. The first-order chi connectivity index (χ1) is 11.2. The molecule has 0 unspecified atom stereocenters. The van der Waals surface area contributed by atoms with Crippen molar-refractivity contribution >= 4 is 0 Å². The smallest absolute Gasteiger partial charge is 0.213 e. The Hall–Kier alpha value is -2.10. The highest BCUT2D eigenvalue weighted by Crippen LogP contribution is 2.32. The molecule has 2 aromatic rings. The first kappa shape index (κ1) is 18.2. The molecule has 24 heavy (non-hydrogen) atoms. The third-order valence-corrected chi connectivity index (χ3v) is 4.21. The minimum absolute atomic E-state index is 0.100. The van der Waals surface area contributed by atoms with Crippen molar-refractivity contribution in [3.63, 3.8) is 0 Å². The van der Waals surface area contributed by atoms with Crippen molar-refractivity contribution in [2.45, 2.75) is 51.9 Å². The van der Waals surface area contributed by atoms with Crippen LogP contribution in [0.3, 0.4) is 0 Å². The quantitative estimate of drug-likeness (QED) is 0.781. The zero-order valence-corrected chi connectivity index (χ0v) is 15.6. The van der Waals surface area contributed by atoms with E-state index < -0.39 is 0 Å². The molecule has 2 aromatic heterocycles. The van der Waals surface area contributed by atoms with E-state index in [2.05, 4.69) is 50.7 Å². The Morgan fingerprint density at radius 2 is 1.75 bits per heavy atom. The van der Waals surface area contributed by atoms with Crippen LogP contribution in [0.25, 0.3) is 0 Å². The third kappa shape index (κ3) is 4.47. The van der Waals surface area contributed by atoms with Gasteiger partial charge in [0.15, 0.2) is 0 Å². The fourth-order valence-electron chi connectivity index (χ4n) is 2.50. The molecule has 0 aliphatic rings. The summed E-state index contributed by atoms with van der Waals surface area (Å²) in [7, 11) is 1.67. The first-order valence-corrected chi connectivity index (χ1v) is 8.33. The summed E-state index contributed by atoms with van der Waals surface area (Å²) in [6.07, 6.45) is 4.51. The maximum Gasteiger partial charge on any atom is 0.213 e. The van der Waals surface area contributed by atoms with E-state index in [1.165, 1.54) is 5.56 Å². The lowest BCUT2D eigenvalue weighted by molar-refractivity contribution is 0.258. The molecule has 0 N–H and O–H groups in total.